The molecule has 0 aromatic heterocycles. The van der Waals surface area contributed by atoms with Crippen LogP contribution < -0.4 is 0 Å². The Morgan fingerprint density at radius 2 is 1.58 bits per heavy atom. The Morgan fingerprint density at radius 3 is 1.89 bits per heavy atom. The van der Waals surface area contributed by atoms with E-state index in [-0.39, 0.29) is 13.1 Å². The predicted molar refractivity (Wildman–Crippen MR) is 65.9 cm³/mol. The minimum absolute atomic E-state index is 0.163. The molecule has 0 radical (unpaired) electrons. The number of ether oxygens (including phenoxy) is 1. The lowest BCUT2D eigenvalue weighted by molar-refractivity contribution is -1.03. The van der Waals surface area contributed by atoms with Crippen molar-refractivity contribution in [3.05, 3.63) is 0 Å². The largest absolute Gasteiger partial charge is 0.559 e. The number of carboxylic acid groups (broad SMARTS) is 1. The van der Waals surface area contributed by atoms with Crippen LogP contribution in [-0.4, -0.2) is 46.5 Å². The van der Waals surface area contributed by atoms with Gasteiger partial charge in [0.2, 0.25) is 0 Å². The fourth-order valence-electron chi connectivity index (χ4n) is 1.34. The molecule has 110 valence electrons. The van der Waals surface area contributed by atoms with E-state index in [9.17, 15) is 14.4 Å². The van der Waals surface area contributed by atoms with Crippen LogP contribution in [0.25, 0.3) is 0 Å². The Bertz CT molecular complexity index is 354. The molecule has 0 saturated heterocycles. The van der Waals surface area contributed by atoms with E-state index >= 15 is 0 Å². The number of carbonyl (C=O) groups is 3. The highest BCUT2D eigenvalue weighted by atomic mass is 16.8. The van der Waals surface area contributed by atoms with Crippen molar-refractivity contribution in [2.24, 2.45) is 0 Å². The maximum atomic E-state index is 12.1. The first kappa shape index (κ1) is 17.4. The molecule has 0 bridgehead atoms. The Hall–Kier alpha value is -1.63. The van der Waals surface area contributed by atoms with Crippen molar-refractivity contribution in [3.8, 4) is 0 Å². The van der Waals surface area contributed by atoms with Crippen LogP contribution in [0.4, 0.5) is 4.79 Å². The van der Waals surface area contributed by atoms with Gasteiger partial charge in [0.25, 0.3) is 0 Å². The van der Waals surface area contributed by atoms with Crippen molar-refractivity contribution in [3.63, 3.8) is 0 Å². The van der Waals surface area contributed by atoms with Crippen LogP contribution in [0.1, 0.15) is 41.0 Å². The lowest BCUT2D eigenvalue weighted by Crippen LogP contribution is -2.55. The Morgan fingerprint density at radius 1 is 1.11 bits per heavy atom. The summed E-state index contributed by atoms with van der Waals surface area (Å²) in [5, 5.41) is 8.53. The van der Waals surface area contributed by atoms with Crippen molar-refractivity contribution in [2.45, 2.75) is 46.6 Å². The Balaban J connectivity index is 4.99. The van der Waals surface area contributed by atoms with E-state index in [1.54, 1.807) is 34.6 Å². The summed E-state index contributed by atoms with van der Waals surface area (Å²) in [5.41, 5.74) is -0.718. The molecule has 0 rings (SSSR count). The summed E-state index contributed by atoms with van der Waals surface area (Å²) in [6.45, 7) is 8.73. The van der Waals surface area contributed by atoms with Crippen LogP contribution in [0, 0.1) is 0 Å². The number of hydroxylamine groups is 3. The molecule has 0 aliphatic heterocycles. The van der Waals surface area contributed by atoms with Gasteiger partial charge in [-0.15, -0.1) is 0 Å². The maximum Gasteiger partial charge on any atom is 0.559 e. The first-order chi connectivity index (χ1) is 8.56. The van der Waals surface area contributed by atoms with E-state index < -0.39 is 34.7 Å². The summed E-state index contributed by atoms with van der Waals surface area (Å²) in [5.74, 6) is -2.28. The second kappa shape index (κ2) is 6.51. The molecule has 0 heterocycles. The van der Waals surface area contributed by atoms with Crippen LogP contribution in [0.15, 0.2) is 0 Å². The van der Waals surface area contributed by atoms with Gasteiger partial charge in [-0.25, -0.2) is 4.79 Å². The molecule has 0 aromatic carbocycles. The third-order valence-electron chi connectivity index (χ3n) is 2.32. The van der Waals surface area contributed by atoms with Gasteiger partial charge in [0, 0.05) is 0 Å². The number of amides is 1. The van der Waals surface area contributed by atoms with Gasteiger partial charge in [-0.3, -0.25) is 9.63 Å². The second-order valence-corrected chi connectivity index (χ2v) is 5.04. The van der Waals surface area contributed by atoms with Gasteiger partial charge in [-0.05, 0) is 39.3 Å². The highest BCUT2D eigenvalue weighted by Gasteiger charge is 2.43. The summed E-state index contributed by atoms with van der Waals surface area (Å²) in [6, 6.07) is 0. The second-order valence-electron chi connectivity index (χ2n) is 5.04. The van der Waals surface area contributed by atoms with E-state index in [4.69, 9.17) is 14.7 Å². The summed E-state index contributed by atoms with van der Waals surface area (Å²) in [6.07, 6.45) is -1.50. The van der Waals surface area contributed by atoms with Gasteiger partial charge in [-0.1, -0.05) is 0 Å². The fraction of sp³-hybridized carbons (Fsp3) is 0.750. The minimum atomic E-state index is -1.31. The summed E-state index contributed by atoms with van der Waals surface area (Å²) in [7, 11) is 0. The van der Waals surface area contributed by atoms with Crippen molar-refractivity contribution < 1.29 is 33.7 Å². The zero-order chi connectivity index (χ0) is 15.3. The van der Waals surface area contributed by atoms with Gasteiger partial charge in [0.15, 0.2) is 0 Å². The van der Waals surface area contributed by atoms with Gasteiger partial charge >= 0.3 is 18.0 Å². The Labute approximate surface area is 112 Å². The molecule has 0 unspecified atom stereocenters. The van der Waals surface area contributed by atoms with Gasteiger partial charge in [0.1, 0.15) is 25.1 Å². The molecule has 7 nitrogen and oxygen atoms in total. The van der Waals surface area contributed by atoms with Crippen molar-refractivity contribution in [1.29, 1.82) is 0 Å². The number of carbonyl (C=O) groups excluding carboxylic acids is 2. The SMILES string of the molecule is CC[N+](CC)(OC(=O)CC(=O)O)C(=O)OC(C)(C)C. The summed E-state index contributed by atoms with van der Waals surface area (Å²) >= 11 is 0. The lowest BCUT2D eigenvalue weighted by Gasteiger charge is -2.31. The molecule has 0 aliphatic rings. The molecule has 1 amide bonds. The molecule has 0 saturated carbocycles. The average molecular weight is 276 g/mol. The normalized spacial score (nSPS) is 11.8. The number of hydrogen-bond donors (Lipinski definition) is 1. The molecule has 19 heavy (non-hydrogen) atoms. The number of rotatable bonds is 4. The van der Waals surface area contributed by atoms with Gasteiger partial charge < -0.3 is 9.84 Å². The topological polar surface area (TPSA) is 89.9 Å². The van der Waals surface area contributed by atoms with Gasteiger partial charge in [0.05, 0.1) is 0 Å². The summed E-state index contributed by atoms with van der Waals surface area (Å²) in [4.78, 5) is 39.0. The minimum Gasteiger partial charge on any atom is -0.481 e. The highest BCUT2D eigenvalue weighted by Crippen LogP contribution is 2.18. The average Bonchev–Trinajstić information content (AvgIpc) is 2.22. The van der Waals surface area contributed by atoms with Gasteiger partial charge in [-0.2, -0.15) is 4.79 Å². The van der Waals surface area contributed by atoms with Crippen LogP contribution in [0.5, 0.6) is 0 Å². The molecule has 7 heteroatoms. The fourth-order valence-corrected chi connectivity index (χ4v) is 1.34. The number of aliphatic carboxylic acids is 1. The van der Waals surface area contributed by atoms with E-state index in [1.807, 2.05) is 0 Å². The molecule has 0 aliphatic carbocycles. The zero-order valence-corrected chi connectivity index (χ0v) is 12.1. The number of nitrogens with zero attached hydrogens (tertiary/aromatic N) is 1. The molecular weight excluding hydrogens is 254 g/mol. The zero-order valence-electron chi connectivity index (χ0n) is 12.1. The first-order valence-corrected chi connectivity index (χ1v) is 6.11. The maximum absolute atomic E-state index is 12.1. The van der Waals surface area contributed by atoms with Crippen LogP contribution in [0.3, 0.4) is 0 Å². The molecule has 0 atom stereocenters. The molecular formula is C12H22NO6+. The van der Waals surface area contributed by atoms with E-state index in [0.717, 1.165) is 0 Å². The highest BCUT2D eigenvalue weighted by molar-refractivity contribution is 5.89. The smallest absolute Gasteiger partial charge is 0.481 e. The van der Waals surface area contributed by atoms with Crippen LogP contribution >= 0.6 is 0 Å². The third kappa shape index (κ3) is 5.69. The predicted octanol–water partition coefficient (Wildman–Crippen LogP) is 1.71. The standard InChI is InChI=1S/C12H21NO6/c1-6-13(7-2,11(17)18-12(3,4)5)19-10(16)8-9(14)15/h6-8H2,1-5H3/p+1. The number of hydrogen-bond acceptors (Lipinski definition) is 5. The summed E-state index contributed by atoms with van der Waals surface area (Å²) < 4.78 is 4.52. The number of quaternary nitrogens is 1. The first-order valence-electron chi connectivity index (χ1n) is 6.11. The van der Waals surface area contributed by atoms with E-state index in [0.29, 0.717) is 0 Å². The van der Waals surface area contributed by atoms with Crippen molar-refractivity contribution in [2.75, 3.05) is 13.1 Å². The molecule has 1 N–H and O–H groups in total. The lowest BCUT2D eigenvalue weighted by atomic mass is 10.2. The molecule has 0 spiro atoms. The monoisotopic (exact) mass is 276 g/mol. The van der Waals surface area contributed by atoms with Crippen LogP contribution in [-0.2, 0) is 19.2 Å². The van der Waals surface area contributed by atoms with Crippen LogP contribution in [0.2, 0.25) is 0 Å². The van der Waals surface area contributed by atoms with Crippen molar-refractivity contribution in [1.82, 2.24) is 0 Å². The Kier molecular flexibility index (Phi) is 5.95. The molecule has 0 aromatic rings. The number of carboxylic acids is 1. The third-order valence-corrected chi connectivity index (χ3v) is 2.32. The molecule has 0 fully saturated rings. The van der Waals surface area contributed by atoms with E-state index in [1.165, 1.54) is 0 Å². The van der Waals surface area contributed by atoms with E-state index in [2.05, 4.69) is 0 Å². The van der Waals surface area contributed by atoms with Crippen molar-refractivity contribution >= 4 is 18.0 Å². The quantitative estimate of drug-likeness (QED) is 0.477.